The highest BCUT2D eigenvalue weighted by atomic mass is 32.2. The fourth-order valence-corrected chi connectivity index (χ4v) is 4.99. The van der Waals surface area contributed by atoms with Crippen LogP contribution in [0.1, 0.15) is 37.7 Å². The molecule has 0 fully saturated rings. The van der Waals surface area contributed by atoms with Crippen LogP contribution in [0.4, 0.5) is 17.3 Å². The lowest BCUT2D eigenvalue weighted by atomic mass is 9.91. The second-order valence-electron chi connectivity index (χ2n) is 9.67. The fourth-order valence-electron chi connectivity index (χ4n) is 3.84. The van der Waals surface area contributed by atoms with Gasteiger partial charge in [-0.1, -0.05) is 39.0 Å². The van der Waals surface area contributed by atoms with Crippen molar-refractivity contribution in [2.45, 2.75) is 42.9 Å². The van der Waals surface area contributed by atoms with E-state index < -0.39 is 41.1 Å². The van der Waals surface area contributed by atoms with Crippen LogP contribution in [-0.4, -0.2) is 45.5 Å². The first kappa shape index (κ1) is 28.6. The van der Waals surface area contributed by atoms with E-state index in [2.05, 4.69) is 20.4 Å². The molecular formula is C24H24N8O6S2. The van der Waals surface area contributed by atoms with Crippen LogP contribution in [0.5, 0.6) is 0 Å². The molecule has 16 heteroatoms. The lowest BCUT2D eigenvalue weighted by Crippen LogP contribution is -2.13. The average Bonchev–Trinajstić information content (AvgIpc) is 3.37. The van der Waals surface area contributed by atoms with E-state index in [1.54, 1.807) is 12.1 Å². The van der Waals surface area contributed by atoms with Gasteiger partial charge in [0.2, 0.25) is 0 Å². The Balaban J connectivity index is 2.00. The predicted molar refractivity (Wildman–Crippen MR) is 143 cm³/mol. The first-order chi connectivity index (χ1) is 18.5. The van der Waals surface area contributed by atoms with Crippen molar-refractivity contribution < 1.29 is 25.9 Å². The van der Waals surface area contributed by atoms with Gasteiger partial charge < -0.3 is 5.73 Å². The zero-order valence-corrected chi connectivity index (χ0v) is 23.3. The number of para-hydroxylation sites is 1. The van der Waals surface area contributed by atoms with Gasteiger partial charge in [0.05, 0.1) is 27.7 Å². The monoisotopic (exact) mass is 584 g/mol. The first-order valence-electron chi connectivity index (χ1n) is 11.5. The normalized spacial score (nSPS) is 12.6. The van der Waals surface area contributed by atoms with Gasteiger partial charge in [0.1, 0.15) is 16.5 Å². The lowest BCUT2D eigenvalue weighted by Gasteiger charge is -2.15. The molecule has 4 aromatic rings. The Morgan fingerprint density at radius 3 is 2.15 bits per heavy atom. The van der Waals surface area contributed by atoms with Crippen LogP contribution in [0.15, 0.2) is 68.6 Å². The highest BCUT2D eigenvalue weighted by Crippen LogP contribution is 2.39. The highest BCUT2D eigenvalue weighted by Gasteiger charge is 2.28. The van der Waals surface area contributed by atoms with E-state index in [0.717, 1.165) is 22.9 Å². The van der Waals surface area contributed by atoms with Crippen LogP contribution >= 0.6 is 0 Å². The lowest BCUT2D eigenvalue weighted by molar-refractivity contribution is 0.477. The minimum absolute atomic E-state index is 0.0963. The highest BCUT2D eigenvalue weighted by molar-refractivity contribution is 7.86. The van der Waals surface area contributed by atoms with E-state index in [1.807, 2.05) is 45.0 Å². The Kier molecular flexibility index (Phi) is 7.11. The summed E-state index contributed by atoms with van der Waals surface area (Å²) in [6.45, 7) is 7.10. The Morgan fingerprint density at radius 2 is 1.60 bits per heavy atom. The number of hydrogen-bond acceptors (Lipinski definition) is 10. The molecule has 2 aromatic heterocycles. The Bertz CT molecular complexity index is 1910. The van der Waals surface area contributed by atoms with Gasteiger partial charge in [0.15, 0.2) is 17.3 Å². The summed E-state index contributed by atoms with van der Waals surface area (Å²) in [5, 5.41) is 27.0. The first-order valence-corrected chi connectivity index (χ1v) is 14.4. The maximum atomic E-state index is 12.1. The molecule has 0 aliphatic rings. The topological polar surface area (TPSA) is 219 Å². The maximum Gasteiger partial charge on any atom is 0.296 e. The van der Waals surface area contributed by atoms with Gasteiger partial charge in [-0.15, -0.1) is 10.2 Å². The number of nitriles is 1. The number of benzene rings is 2. The molecule has 2 aromatic carbocycles. The minimum atomic E-state index is -4.92. The largest absolute Gasteiger partial charge is 0.382 e. The summed E-state index contributed by atoms with van der Waals surface area (Å²) in [4.78, 5) is -1.44. The number of hydrogen-bond donors (Lipinski definition) is 3. The fraction of sp³-hybridized carbons (Fsp3) is 0.208. The molecule has 14 nitrogen and oxygen atoms in total. The summed E-state index contributed by atoms with van der Waals surface area (Å²) < 4.78 is 69.5. The molecule has 0 aliphatic carbocycles. The number of nitrogen functional groups attached to an aromatic ring is 1. The SMILES string of the molecule is Cc1nn(-c2cc(S(=O)(=O)O)ccc2S(=O)(=O)O)c(N=Nc2c(C(C)(C)C)nn(-c3ccccc3)c2N)c1C#N. The van der Waals surface area contributed by atoms with E-state index >= 15 is 0 Å². The number of azo groups is 1. The molecule has 0 bridgehead atoms. The summed E-state index contributed by atoms with van der Waals surface area (Å²) in [5.74, 6) is -0.155. The molecule has 0 amide bonds. The summed E-state index contributed by atoms with van der Waals surface area (Å²) >= 11 is 0. The number of anilines is 1. The molecule has 0 unspecified atom stereocenters. The Hall–Kier alpha value is -4.43. The number of aryl methyl sites for hydroxylation is 1. The van der Waals surface area contributed by atoms with Crippen LogP contribution in [-0.2, 0) is 25.7 Å². The summed E-state index contributed by atoms with van der Waals surface area (Å²) in [6.07, 6.45) is 0. The van der Waals surface area contributed by atoms with Crippen LogP contribution in [0.3, 0.4) is 0 Å². The van der Waals surface area contributed by atoms with Crippen molar-refractivity contribution in [1.29, 1.82) is 5.26 Å². The average molecular weight is 585 g/mol. The van der Waals surface area contributed by atoms with Gasteiger partial charge in [-0.05, 0) is 37.3 Å². The Morgan fingerprint density at radius 1 is 0.950 bits per heavy atom. The molecule has 4 rings (SSSR count). The van der Waals surface area contributed by atoms with Gasteiger partial charge in [-0.25, -0.2) is 9.36 Å². The van der Waals surface area contributed by atoms with Gasteiger partial charge in [0.25, 0.3) is 20.2 Å². The van der Waals surface area contributed by atoms with Gasteiger partial charge in [-0.3, -0.25) is 9.11 Å². The molecule has 0 radical (unpaired) electrons. The second-order valence-corrected chi connectivity index (χ2v) is 12.5. The van der Waals surface area contributed by atoms with E-state index in [1.165, 1.54) is 11.6 Å². The van der Waals surface area contributed by atoms with Gasteiger partial charge in [-0.2, -0.15) is 32.3 Å². The number of aromatic nitrogens is 4. The van der Waals surface area contributed by atoms with E-state index in [4.69, 9.17) is 5.73 Å². The van der Waals surface area contributed by atoms with E-state index in [-0.39, 0.29) is 28.6 Å². The van der Waals surface area contributed by atoms with Crippen LogP contribution in [0.25, 0.3) is 11.4 Å². The van der Waals surface area contributed by atoms with E-state index in [9.17, 15) is 31.2 Å². The van der Waals surface area contributed by atoms with Crippen molar-refractivity contribution in [3.8, 4) is 17.4 Å². The third kappa shape index (κ3) is 5.35. The molecular weight excluding hydrogens is 560 g/mol. The van der Waals surface area contributed by atoms with Crippen molar-refractivity contribution in [1.82, 2.24) is 19.6 Å². The van der Waals surface area contributed by atoms with Gasteiger partial charge in [0, 0.05) is 5.41 Å². The van der Waals surface area contributed by atoms with Crippen LogP contribution in [0.2, 0.25) is 0 Å². The summed E-state index contributed by atoms with van der Waals surface area (Å²) in [6, 6.07) is 13.3. The third-order valence-electron chi connectivity index (χ3n) is 5.73. The van der Waals surface area contributed by atoms with Crippen LogP contribution in [0, 0.1) is 18.3 Å². The molecule has 0 atom stereocenters. The zero-order chi connectivity index (χ0) is 29.6. The number of rotatable bonds is 6. The second kappa shape index (κ2) is 9.95. The van der Waals surface area contributed by atoms with Crippen molar-refractivity contribution in [3.63, 3.8) is 0 Å². The van der Waals surface area contributed by atoms with Crippen molar-refractivity contribution in [2.75, 3.05) is 5.73 Å². The minimum Gasteiger partial charge on any atom is -0.382 e. The molecule has 40 heavy (non-hydrogen) atoms. The van der Waals surface area contributed by atoms with Crippen LogP contribution < -0.4 is 5.73 Å². The van der Waals surface area contributed by atoms with Gasteiger partial charge >= 0.3 is 0 Å². The molecule has 0 aliphatic heterocycles. The van der Waals surface area contributed by atoms with Crippen molar-refractivity contribution in [3.05, 3.63) is 65.5 Å². The molecule has 0 saturated heterocycles. The summed E-state index contributed by atoms with van der Waals surface area (Å²) in [7, 11) is -9.71. The zero-order valence-electron chi connectivity index (χ0n) is 21.7. The molecule has 2 heterocycles. The molecule has 208 valence electrons. The smallest absolute Gasteiger partial charge is 0.296 e. The predicted octanol–water partition coefficient (Wildman–Crippen LogP) is 4.03. The third-order valence-corrected chi connectivity index (χ3v) is 7.48. The summed E-state index contributed by atoms with van der Waals surface area (Å²) in [5.41, 5.74) is 6.64. The van der Waals surface area contributed by atoms with Crippen molar-refractivity contribution >= 4 is 37.6 Å². The standard InChI is InChI=1S/C24H24N8O6S2/c1-14-17(13-25)23(32(29-14)18-12-16(39(33,34)35)10-11-19(18)40(36,37)38)28-27-20-21(24(2,3)4)30-31(22(20)26)15-8-6-5-7-9-15/h5-12H,26H2,1-4H3,(H,33,34,35)(H,36,37,38). The molecule has 0 saturated carbocycles. The van der Waals surface area contributed by atoms with E-state index in [0.29, 0.717) is 11.4 Å². The molecule has 0 spiro atoms. The Labute approximate surface area is 229 Å². The number of nitrogens with two attached hydrogens (primary N) is 1. The molecule has 4 N–H and O–H groups in total. The maximum absolute atomic E-state index is 12.1. The number of nitrogens with zero attached hydrogens (tertiary/aromatic N) is 7. The van der Waals surface area contributed by atoms with Crippen molar-refractivity contribution in [2.24, 2.45) is 10.2 Å². The quantitative estimate of drug-likeness (QED) is 0.218.